The van der Waals surface area contributed by atoms with Crippen molar-refractivity contribution in [1.82, 2.24) is 9.78 Å². The average molecular weight is 322 g/mol. The Hall–Kier alpha value is -2.11. The van der Waals surface area contributed by atoms with E-state index in [1.165, 1.54) is 0 Å². The molecule has 1 heterocycles. The van der Waals surface area contributed by atoms with E-state index in [1.54, 1.807) is 11.6 Å². The summed E-state index contributed by atoms with van der Waals surface area (Å²) in [5, 5.41) is 4.47. The van der Waals surface area contributed by atoms with Crippen molar-refractivity contribution in [2.45, 2.75) is 53.0 Å². The van der Waals surface area contributed by atoms with Crippen LogP contribution in [0.1, 0.15) is 57.8 Å². The van der Waals surface area contributed by atoms with Gasteiger partial charge in [-0.3, -0.25) is 9.48 Å². The Balaban J connectivity index is 2.54. The van der Waals surface area contributed by atoms with Gasteiger partial charge in [-0.05, 0) is 24.8 Å². The third kappa shape index (κ3) is 5.88. The number of carbonyl (C=O) groups is 2. The third-order valence-corrected chi connectivity index (χ3v) is 3.22. The van der Waals surface area contributed by atoms with Crippen molar-refractivity contribution in [3.63, 3.8) is 0 Å². The first-order valence-electron chi connectivity index (χ1n) is 7.78. The monoisotopic (exact) mass is 322 g/mol. The number of ether oxygens (including phenoxy) is 2. The highest BCUT2D eigenvalue weighted by molar-refractivity contribution is 5.86. The molecule has 0 aliphatic heterocycles. The Kier molecular flexibility index (Phi) is 7.00. The molecule has 0 saturated carbocycles. The molecule has 0 unspecified atom stereocenters. The topological polar surface area (TPSA) is 70.4 Å². The molecule has 1 aromatic rings. The maximum Gasteiger partial charge on any atom is 0.333 e. The van der Waals surface area contributed by atoms with Crippen LogP contribution in [-0.2, 0) is 25.6 Å². The van der Waals surface area contributed by atoms with Crippen LogP contribution in [0.3, 0.4) is 0 Å². The highest BCUT2D eigenvalue weighted by Crippen LogP contribution is 2.20. The average Bonchev–Trinajstić information content (AvgIpc) is 2.87. The summed E-state index contributed by atoms with van der Waals surface area (Å²) in [6.07, 6.45) is 0. The van der Waals surface area contributed by atoms with E-state index < -0.39 is 11.9 Å². The maximum absolute atomic E-state index is 11.9. The van der Waals surface area contributed by atoms with Crippen molar-refractivity contribution < 1.29 is 19.1 Å². The van der Waals surface area contributed by atoms with Gasteiger partial charge in [0.25, 0.3) is 0 Å². The Morgan fingerprint density at radius 3 is 2.30 bits per heavy atom. The van der Waals surface area contributed by atoms with Crippen molar-refractivity contribution >= 4 is 11.9 Å². The normalized spacial score (nSPS) is 10.9. The van der Waals surface area contributed by atoms with Crippen LogP contribution in [0.5, 0.6) is 0 Å². The third-order valence-electron chi connectivity index (χ3n) is 3.22. The van der Waals surface area contributed by atoms with Gasteiger partial charge in [0, 0.05) is 11.3 Å². The van der Waals surface area contributed by atoms with Crippen LogP contribution >= 0.6 is 0 Å². The minimum absolute atomic E-state index is 0.0187. The molecule has 0 saturated heterocycles. The summed E-state index contributed by atoms with van der Waals surface area (Å²) in [4.78, 5) is 23.1. The lowest BCUT2D eigenvalue weighted by molar-refractivity contribution is -0.150. The van der Waals surface area contributed by atoms with Gasteiger partial charge in [0.15, 0.2) is 0 Å². The van der Waals surface area contributed by atoms with E-state index in [9.17, 15) is 9.59 Å². The van der Waals surface area contributed by atoms with Crippen molar-refractivity contribution in [2.24, 2.45) is 0 Å². The summed E-state index contributed by atoms with van der Waals surface area (Å²) in [5.41, 5.74) is 2.27. The van der Waals surface area contributed by atoms with Crippen molar-refractivity contribution in [2.75, 3.05) is 13.2 Å². The molecule has 0 bridgehead atoms. The van der Waals surface area contributed by atoms with E-state index in [4.69, 9.17) is 9.47 Å². The molecule has 0 aliphatic rings. The van der Waals surface area contributed by atoms with Gasteiger partial charge in [-0.2, -0.15) is 5.10 Å². The largest absolute Gasteiger partial charge is 0.461 e. The first-order valence-corrected chi connectivity index (χ1v) is 7.78. The molecule has 6 heteroatoms. The molecule has 1 rings (SSSR count). The van der Waals surface area contributed by atoms with Gasteiger partial charge >= 0.3 is 11.9 Å². The van der Waals surface area contributed by atoms with Crippen molar-refractivity contribution in [3.05, 3.63) is 29.6 Å². The van der Waals surface area contributed by atoms with E-state index in [0.717, 1.165) is 11.4 Å². The fourth-order valence-corrected chi connectivity index (χ4v) is 1.91. The van der Waals surface area contributed by atoms with Crippen LogP contribution in [0.4, 0.5) is 0 Å². The highest BCUT2D eigenvalue weighted by atomic mass is 16.6. The van der Waals surface area contributed by atoms with Gasteiger partial charge in [0.1, 0.15) is 19.8 Å². The number of carbonyl (C=O) groups excluding carboxylic acids is 2. The van der Waals surface area contributed by atoms with Gasteiger partial charge < -0.3 is 9.47 Å². The molecular formula is C17H26N2O4. The van der Waals surface area contributed by atoms with E-state index in [1.807, 2.05) is 6.07 Å². The number of hydrogen-bond donors (Lipinski definition) is 0. The quantitative estimate of drug-likeness (QED) is 0.418. The van der Waals surface area contributed by atoms with Crippen molar-refractivity contribution in [3.8, 4) is 0 Å². The zero-order valence-corrected chi connectivity index (χ0v) is 14.6. The van der Waals surface area contributed by atoms with Gasteiger partial charge in [-0.25, -0.2) is 4.79 Å². The predicted octanol–water partition coefficient (Wildman–Crippen LogP) is 2.79. The van der Waals surface area contributed by atoms with Gasteiger partial charge in [-0.1, -0.05) is 34.3 Å². The Labute approximate surface area is 137 Å². The molecule has 0 aliphatic carbocycles. The number of hydrogen-bond acceptors (Lipinski definition) is 5. The zero-order chi connectivity index (χ0) is 17.6. The maximum atomic E-state index is 11.9. The van der Waals surface area contributed by atoms with Crippen LogP contribution in [0.25, 0.3) is 0 Å². The fraction of sp³-hybridized carbons (Fsp3) is 0.588. The van der Waals surface area contributed by atoms with Gasteiger partial charge in [0.2, 0.25) is 0 Å². The summed E-state index contributed by atoms with van der Waals surface area (Å²) in [7, 11) is 0. The molecule has 0 radical (unpaired) electrons. The van der Waals surface area contributed by atoms with Crippen LogP contribution in [-0.4, -0.2) is 34.9 Å². The first kappa shape index (κ1) is 18.9. The second kappa shape index (κ2) is 8.50. The van der Waals surface area contributed by atoms with E-state index in [-0.39, 0.29) is 25.7 Å². The summed E-state index contributed by atoms with van der Waals surface area (Å²) in [6.45, 7) is 13.4. The SMILES string of the molecule is C=C(C)C(=O)OCCOC(=O)Cn1nc(C(C)C)cc1C(C)C. The number of esters is 2. The van der Waals surface area contributed by atoms with Crippen LogP contribution in [0, 0.1) is 0 Å². The second-order valence-corrected chi connectivity index (χ2v) is 6.10. The first-order chi connectivity index (χ1) is 10.7. The summed E-state index contributed by atoms with van der Waals surface area (Å²) in [6, 6.07) is 2.03. The number of rotatable bonds is 8. The van der Waals surface area contributed by atoms with E-state index >= 15 is 0 Å². The predicted molar refractivity (Wildman–Crippen MR) is 87.1 cm³/mol. The van der Waals surface area contributed by atoms with Crippen molar-refractivity contribution in [1.29, 1.82) is 0 Å². The molecule has 128 valence electrons. The lowest BCUT2D eigenvalue weighted by Gasteiger charge is -2.10. The number of aromatic nitrogens is 2. The minimum Gasteiger partial charge on any atom is -0.461 e. The summed E-state index contributed by atoms with van der Waals surface area (Å²) < 4.78 is 11.6. The standard InChI is InChI=1S/C17H26N2O4/c1-11(2)14-9-15(12(3)4)19(18-14)10-16(20)22-7-8-23-17(21)13(5)6/h9,11-12H,5,7-8,10H2,1-4,6H3. The summed E-state index contributed by atoms with van der Waals surface area (Å²) >= 11 is 0. The zero-order valence-electron chi connectivity index (χ0n) is 14.6. The molecule has 1 aromatic heterocycles. The molecule has 23 heavy (non-hydrogen) atoms. The smallest absolute Gasteiger partial charge is 0.333 e. The molecule has 0 N–H and O–H groups in total. The molecule has 0 fully saturated rings. The molecule has 0 spiro atoms. The minimum atomic E-state index is -0.489. The van der Waals surface area contributed by atoms with Crippen LogP contribution in [0.15, 0.2) is 18.2 Å². The summed E-state index contributed by atoms with van der Waals surface area (Å²) in [5.74, 6) is -0.334. The van der Waals surface area contributed by atoms with Crippen LogP contribution < -0.4 is 0 Å². The van der Waals surface area contributed by atoms with Gasteiger partial charge in [0.05, 0.1) is 5.69 Å². The second-order valence-electron chi connectivity index (χ2n) is 6.10. The Bertz CT molecular complexity index is 573. The molecular weight excluding hydrogens is 296 g/mol. The van der Waals surface area contributed by atoms with E-state index in [2.05, 4.69) is 39.4 Å². The molecule has 6 nitrogen and oxygen atoms in total. The van der Waals surface area contributed by atoms with Crippen LogP contribution in [0.2, 0.25) is 0 Å². The lowest BCUT2D eigenvalue weighted by Crippen LogP contribution is -2.20. The molecule has 0 aromatic carbocycles. The number of nitrogens with zero attached hydrogens (tertiary/aromatic N) is 2. The lowest BCUT2D eigenvalue weighted by atomic mass is 10.1. The van der Waals surface area contributed by atoms with Gasteiger partial charge in [-0.15, -0.1) is 0 Å². The van der Waals surface area contributed by atoms with E-state index in [0.29, 0.717) is 11.5 Å². The fourth-order valence-electron chi connectivity index (χ4n) is 1.91. The highest BCUT2D eigenvalue weighted by Gasteiger charge is 2.16. The molecule has 0 atom stereocenters. The Morgan fingerprint density at radius 1 is 1.17 bits per heavy atom. The molecule has 0 amide bonds. The Morgan fingerprint density at radius 2 is 1.78 bits per heavy atom.